The van der Waals surface area contributed by atoms with E-state index in [1.54, 1.807) is 5.57 Å². The molecule has 41 heavy (non-hydrogen) atoms. The molecule has 196 valence electrons. The van der Waals surface area contributed by atoms with E-state index in [4.69, 9.17) is 4.99 Å². The van der Waals surface area contributed by atoms with Gasteiger partial charge in [-0.25, -0.2) is 0 Å². The number of amidine groups is 1. The van der Waals surface area contributed by atoms with E-state index in [1.807, 2.05) is 0 Å². The van der Waals surface area contributed by atoms with Crippen LogP contribution in [-0.2, 0) is 0 Å². The van der Waals surface area contributed by atoms with Crippen LogP contribution in [0.3, 0.4) is 0 Å². The van der Waals surface area contributed by atoms with E-state index in [-0.39, 0.29) is 12.1 Å². The quantitative estimate of drug-likeness (QED) is 0.254. The van der Waals surface area contributed by atoms with Gasteiger partial charge in [-0.2, -0.15) is 0 Å². The predicted octanol–water partition coefficient (Wildman–Crippen LogP) is 9.17. The minimum Gasteiger partial charge on any atom is -0.316 e. The number of hydrogen-bond acceptors (Lipinski definition) is 2. The fourth-order valence-corrected chi connectivity index (χ4v) is 7.77. The summed E-state index contributed by atoms with van der Waals surface area (Å²) in [6.45, 7) is 0. The molecule has 0 amide bonds. The Bertz CT molecular complexity index is 1870. The van der Waals surface area contributed by atoms with Crippen LogP contribution in [0.1, 0.15) is 24.8 Å². The fourth-order valence-electron chi connectivity index (χ4n) is 7.77. The third-order valence-electron chi connectivity index (χ3n) is 9.61. The molecule has 2 heterocycles. The topological polar surface area (TPSA) is 15.6 Å². The first-order valence-corrected chi connectivity index (χ1v) is 14.9. The zero-order chi connectivity index (χ0) is 26.9. The van der Waals surface area contributed by atoms with E-state index < -0.39 is 0 Å². The van der Waals surface area contributed by atoms with Gasteiger partial charge in [0, 0.05) is 17.0 Å². The van der Waals surface area contributed by atoms with Gasteiger partial charge in [0.05, 0.1) is 17.8 Å². The van der Waals surface area contributed by atoms with Gasteiger partial charge in [-0.15, -0.1) is 0 Å². The highest BCUT2D eigenvalue weighted by Crippen LogP contribution is 2.53. The summed E-state index contributed by atoms with van der Waals surface area (Å²) in [5.41, 5.74) is 14.6. The number of fused-ring (bicyclic) bond motifs is 12. The van der Waals surface area contributed by atoms with Gasteiger partial charge in [0.15, 0.2) is 0 Å². The van der Waals surface area contributed by atoms with Crippen molar-refractivity contribution in [1.82, 2.24) is 0 Å². The monoisotopic (exact) mass is 526 g/mol. The summed E-state index contributed by atoms with van der Waals surface area (Å²) in [4.78, 5) is 8.23. The summed E-state index contributed by atoms with van der Waals surface area (Å²) in [6.07, 6.45) is 15.1. The third kappa shape index (κ3) is 3.40. The van der Waals surface area contributed by atoms with E-state index in [1.165, 1.54) is 55.8 Å². The van der Waals surface area contributed by atoms with Gasteiger partial charge < -0.3 is 4.90 Å². The number of anilines is 1. The van der Waals surface area contributed by atoms with E-state index in [9.17, 15) is 0 Å². The van der Waals surface area contributed by atoms with Gasteiger partial charge in [0.2, 0.25) is 0 Å². The minimum atomic E-state index is 0.212. The van der Waals surface area contributed by atoms with Crippen LogP contribution >= 0.6 is 0 Å². The van der Waals surface area contributed by atoms with Gasteiger partial charge in [-0.1, -0.05) is 109 Å². The van der Waals surface area contributed by atoms with Crippen molar-refractivity contribution < 1.29 is 0 Å². The molecule has 0 N–H and O–H groups in total. The maximum atomic E-state index is 5.63. The Balaban J connectivity index is 1.29. The Hall–Kier alpha value is -4.69. The molecule has 0 saturated carbocycles. The number of aliphatic imine (C=N–C) groups is 1. The van der Waals surface area contributed by atoms with Crippen LogP contribution in [0.4, 0.5) is 5.69 Å². The second-order valence-corrected chi connectivity index (χ2v) is 11.7. The molecule has 3 unspecified atom stereocenters. The van der Waals surface area contributed by atoms with Crippen molar-refractivity contribution in [3.8, 4) is 33.4 Å². The molecule has 0 bridgehead atoms. The summed E-state index contributed by atoms with van der Waals surface area (Å²) in [6, 6.07) is 36.0. The van der Waals surface area contributed by atoms with Gasteiger partial charge in [0.1, 0.15) is 5.84 Å². The predicted molar refractivity (Wildman–Crippen MR) is 170 cm³/mol. The molecule has 2 heteroatoms. The highest BCUT2D eigenvalue weighted by atomic mass is 15.3. The molecule has 0 aromatic heterocycles. The molecule has 0 spiro atoms. The van der Waals surface area contributed by atoms with E-state index in [2.05, 4.69) is 132 Å². The zero-order valence-electron chi connectivity index (χ0n) is 22.9. The van der Waals surface area contributed by atoms with Crippen LogP contribution in [0.2, 0.25) is 0 Å². The number of allylic oxidation sites excluding steroid dienone is 5. The summed E-state index contributed by atoms with van der Waals surface area (Å²) in [5.74, 6) is 1.57. The number of benzene rings is 4. The summed E-state index contributed by atoms with van der Waals surface area (Å²) in [5, 5.41) is 0. The Morgan fingerprint density at radius 3 is 2.20 bits per heavy atom. The molecule has 4 aromatic rings. The lowest BCUT2D eigenvalue weighted by molar-refractivity contribution is 0.438. The lowest BCUT2D eigenvalue weighted by Gasteiger charge is -2.44. The van der Waals surface area contributed by atoms with Crippen LogP contribution in [0.25, 0.3) is 33.4 Å². The Labute approximate surface area is 241 Å². The average Bonchev–Trinajstić information content (AvgIpc) is 3.47. The Morgan fingerprint density at radius 2 is 1.41 bits per heavy atom. The van der Waals surface area contributed by atoms with E-state index in [0.717, 1.165) is 25.1 Å². The third-order valence-corrected chi connectivity index (χ3v) is 9.61. The number of rotatable bonds is 2. The second kappa shape index (κ2) is 8.91. The zero-order valence-corrected chi connectivity index (χ0v) is 22.9. The molecule has 3 atom stereocenters. The van der Waals surface area contributed by atoms with Gasteiger partial charge in [0.25, 0.3) is 0 Å². The van der Waals surface area contributed by atoms with Crippen molar-refractivity contribution in [3.05, 3.63) is 150 Å². The molecule has 0 saturated heterocycles. The van der Waals surface area contributed by atoms with Crippen LogP contribution in [0.5, 0.6) is 0 Å². The first kappa shape index (κ1) is 23.1. The summed E-state index contributed by atoms with van der Waals surface area (Å²) in [7, 11) is 0. The van der Waals surface area contributed by atoms with Crippen molar-refractivity contribution in [2.75, 3.05) is 4.90 Å². The van der Waals surface area contributed by atoms with Gasteiger partial charge in [-0.3, -0.25) is 4.99 Å². The Kier molecular flexibility index (Phi) is 5.01. The van der Waals surface area contributed by atoms with Crippen molar-refractivity contribution in [1.29, 1.82) is 0 Å². The molecule has 2 nitrogen and oxygen atoms in total. The molecule has 3 aliphatic carbocycles. The molecule has 0 radical (unpaired) electrons. The van der Waals surface area contributed by atoms with Crippen molar-refractivity contribution in [2.45, 2.75) is 31.3 Å². The number of nitrogens with zero attached hydrogens (tertiary/aromatic N) is 2. The van der Waals surface area contributed by atoms with Gasteiger partial charge in [-0.05, 0) is 82.0 Å². The summed E-state index contributed by atoms with van der Waals surface area (Å²) < 4.78 is 0. The number of hydrogen-bond donors (Lipinski definition) is 0. The molecule has 5 aliphatic rings. The molecular formula is C39H30N2. The van der Waals surface area contributed by atoms with E-state index >= 15 is 0 Å². The standard InChI is InChI=1S/C39H30N2/c1-3-11-25(12-4-1)27-19-21-33-34(23-27)35-24-28(26-13-5-2-6-14-26)20-22-36(35)41-38-32-18-10-8-16-30(32)29-15-7-9-17-31(29)37(38)40-39(33)41/h1-7,9-15,18-24,31,37-38H,8,16-17H2. The normalized spacial score (nSPS) is 23.0. The molecule has 9 rings (SSSR count). The largest absolute Gasteiger partial charge is 0.316 e. The highest BCUT2D eigenvalue weighted by Gasteiger charge is 2.50. The molecule has 0 fully saturated rings. The first-order chi connectivity index (χ1) is 20.3. The summed E-state index contributed by atoms with van der Waals surface area (Å²) >= 11 is 0. The average molecular weight is 527 g/mol. The van der Waals surface area contributed by atoms with Crippen molar-refractivity contribution in [2.24, 2.45) is 10.9 Å². The van der Waals surface area contributed by atoms with Crippen LogP contribution in [0.15, 0.2) is 149 Å². The van der Waals surface area contributed by atoms with Crippen LogP contribution in [-0.4, -0.2) is 17.9 Å². The highest BCUT2D eigenvalue weighted by molar-refractivity contribution is 6.21. The van der Waals surface area contributed by atoms with Crippen molar-refractivity contribution in [3.63, 3.8) is 0 Å². The van der Waals surface area contributed by atoms with Crippen LogP contribution in [0, 0.1) is 5.92 Å². The van der Waals surface area contributed by atoms with E-state index in [0.29, 0.717) is 5.92 Å². The first-order valence-electron chi connectivity index (χ1n) is 14.9. The molecule has 4 aromatic carbocycles. The smallest absolute Gasteiger partial charge is 0.137 e. The second-order valence-electron chi connectivity index (χ2n) is 11.7. The van der Waals surface area contributed by atoms with Crippen molar-refractivity contribution >= 4 is 11.5 Å². The lowest BCUT2D eigenvalue weighted by Crippen LogP contribution is -2.48. The maximum absolute atomic E-state index is 5.63. The minimum absolute atomic E-state index is 0.212. The van der Waals surface area contributed by atoms with Crippen LogP contribution < -0.4 is 4.90 Å². The lowest BCUT2D eigenvalue weighted by atomic mass is 9.68. The molecular weight excluding hydrogens is 496 g/mol. The SMILES string of the molecule is C1=CCC2C(=C1)C1=C(C=CCC1)C1C2N=C2c3ccc(-c4ccccc4)cc3-c3cc(-c4ccccc4)ccc3N21. The fraction of sp³-hybridized carbons (Fsp3) is 0.154. The maximum Gasteiger partial charge on any atom is 0.137 e. The van der Waals surface area contributed by atoms with Gasteiger partial charge >= 0.3 is 0 Å². The molecule has 2 aliphatic heterocycles. The Morgan fingerprint density at radius 1 is 0.683 bits per heavy atom.